The Morgan fingerprint density at radius 2 is 2.14 bits per heavy atom. The van der Waals surface area contributed by atoms with Gasteiger partial charge in [-0.05, 0) is 31.5 Å². The first-order chi connectivity index (χ1) is 10.7. The summed E-state index contributed by atoms with van der Waals surface area (Å²) in [6.45, 7) is 2.92. The molecule has 2 atom stereocenters. The Morgan fingerprint density at radius 3 is 2.86 bits per heavy atom. The van der Waals surface area contributed by atoms with Crippen LogP contribution in [-0.2, 0) is 6.54 Å². The second-order valence-corrected chi connectivity index (χ2v) is 5.15. The number of para-hydroxylation sites is 1. The van der Waals surface area contributed by atoms with Crippen molar-refractivity contribution in [2.24, 2.45) is 0 Å². The molecule has 0 aliphatic rings. The van der Waals surface area contributed by atoms with Gasteiger partial charge in [0.1, 0.15) is 24.2 Å². The van der Waals surface area contributed by atoms with Crippen molar-refractivity contribution in [3.63, 3.8) is 0 Å². The van der Waals surface area contributed by atoms with E-state index in [0.717, 1.165) is 11.3 Å². The van der Waals surface area contributed by atoms with Crippen LogP contribution in [0.4, 0.5) is 0 Å². The molecule has 0 bridgehead atoms. The molecular weight excluding hydrogens is 278 g/mol. The molecule has 4 nitrogen and oxygen atoms in total. The number of aliphatic hydroxyl groups is 1. The zero-order valence-corrected chi connectivity index (χ0v) is 12.7. The van der Waals surface area contributed by atoms with Gasteiger partial charge in [0.25, 0.3) is 0 Å². The monoisotopic (exact) mass is 299 g/mol. The molecule has 22 heavy (non-hydrogen) atoms. The van der Waals surface area contributed by atoms with E-state index in [1.165, 1.54) is 0 Å². The van der Waals surface area contributed by atoms with E-state index in [4.69, 9.17) is 15.6 Å². The molecule has 0 saturated carbocycles. The summed E-state index contributed by atoms with van der Waals surface area (Å²) in [5.41, 5.74) is 1.04. The summed E-state index contributed by atoms with van der Waals surface area (Å²) in [5, 5.41) is 13.4. The Bertz CT molecular complexity index is 601. The molecular formula is C18H21NO3. The van der Waals surface area contributed by atoms with Gasteiger partial charge in [0.2, 0.25) is 0 Å². The Balaban J connectivity index is 1.86. The van der Waals surface area contributed by atoms with Crippen LogP contribution in [0, 0.1) is 12.3 Å². The lowest BCUT2D eigenvalue weighted by Gasteiger charge is -2.18. The summed E-state index contributed by atoms with van der Waals surface area (Å²) < 4.78 is 10.7. The normalized spacial score (nSPS) is 13.3. The van der Waals surface area contributed by atoms with Gasteiger partial charge in [-0.2, -0.15) is 0 Å². The number of nitrogens with one attached hydrogen (secondary N) is 1. The molecule has 2 N–H and O–H groups in total. The molecule has 1 aromatic heterocycles. The average Bonchev–Trinajstić information content (AvgIpc) is 3.06. The van der Waals surface area contributed by atoms with Gasteiger partial charge in [0.15, 0.2) is 0 Å². The molecule has 2 aromatic rings. The fourth-order valence-corrected chi connectivity index (χ4v) is 2.21. The highest BCUT2D eigenvalue weighted by Gasteiger charge is 2.14. The van der Waals surface area contributed by atoms with Gasteiger partial charge in [-0.15, -0.1) is 6.42 Å². The summed E-state index contributed by atoms with van der Waals surface area (Å²) in [5.74, 6) is 3.84. The standard InChI is InChI=1S/C18H21NO3/c1-3-10-21-17-8-5-4-7-15(17)13-19-14(2)12-16(20)18-9-6-11-22-18/h1,4-9,11,14,16,19-20H,10,12-13H2,2H3. The lowest BCUT2D eigenvalue weighted by molar-refractivity contribution is 0.128. The van der Waals surface area contributed by atoms with E-state index in [0.29, 0.717) is 18.7 Å². The maximum Gasteiger partial charge on any atom is 0.148 e. The molecule has 0 saturated heterocycles. The SMILES string of the molecule is C#CCOc1ccccc1CNC(C)CC(O)c1ccco1. The molecule has 4 heteroatoms. The van der Waals surface area contributed by atoms with Crippen molar-refractivity contribution in [3.8, 4) is 18.1 Å². The number of ether oxygens (including phenoxy) is 1. The van der Waals surface area contributed by atoms with Gasteiger partial charge in [-0.25, -0.2) is 0 Å². The summed E-state index contributed by atoms with van der Waals surface area (Å²) in [6, 6.07) is 11.4. The van der Waals surface area contributed by atoms with E-state index in [-0.39, 0.29) is 12.6 Å². The average molecular weight is 299 g/mol. The van der Waals surface area contributed by atoms with E-state index < -0.39 is 6.10 Å². The minimum atomic E-state index is -0.606. The number of hydrogen-bond acceptors (Lipinski definition) is 4. The molecule has 0 spiro atoms. The van der Waals surface area contributed by atoms with Crippen LogP contribution in [0.5, 0.6) is 5.75 Å². The molecule has 0 aliphatic heterocycles. The van der Waals surface area contributed by atoms with Gasteiger partial charge < -0.3 is 19.6 Å². The largest absolute Gasteiger partial charge is 0.481 e. The second-order valence-electron chi connectivity index (χ2n) is 5.15. The highest BCUT2D eigenvalue weighted by Crippen LogP contribution is 2.20. The van der Waals surface area contributed by atoms with Crippen LogP contribution in [0.25, 0.3) is 0 Å². The van der Waals surface area contributed by atoms with E-state index in [9.17, 15) is 5.11 Å². The predicted molar refractivity (Wildman–Crippen MR) is 85.4 cm³/mol. The third-order valence-corrected chi connectivity index (χ3v) is 3.37. The fraction of sp³-hybridized carbons (Fsp3) is 0.333. The molecule has 0 amide bonds. The van der Waals surface area contributed by atoms with E-state index in [2.05, 4.69) is 11.2 Å². The molecule has 0 fully saturated rings. The van der Waals surface area contributed by atoms with Crippen molar-refractivity contribution in [2.75, 3.05) is 6.61 Å². The smallest absolute Gasteiger partial charge is 0.148 e. The van der Waals surface area contributed by atoms with Gasteiger partial charge in [-0.1, -0.05) is 24.1 Å². The van der Waals surface area contributed by atoms with Gasteiger partial charge in [0, 0.05) is 18.2 Å². The van der Waals surface area contributed by atoms with Crippen molar-refractivity contribution >= 4 is 0 Å². The second kappa shape index (κ2) is 8.28. The molecule has 2 rings (SSSR count). The Labute approximate surface area is 131 Å². The van der Waals surface area contributed by atoms with E-state index in [1.807, 2.05) is 31.2 Å². The third kappa shape index (κ3) is 4.66. The first-order valence-corrected chi connectivity index (χ1v) is 7.29. The summed E-state index contributed by atoms with van der Waals surface area (Å²) in [6.07, 6.45) is 6.75. The number of rotatable bonds is 8. The van der Waals surface area contributed by atoms with Crippen molar-refractivity contribution in [1.82, 2.24) is 5.32 Å². The van der Waals surface area contributed by atoms with Crippen LogP contribution in [0.1, 0.15) is 30.8 Å². The number of aliphatic hydroxyl groups excluding tert-OH is 1. The van der Waals surface area contributed by atoms with Gasteiger partial charge >= 0.3 is 0 Å². The van der Waals surface area contributed by atoms with E-state index >= 15 is 0 Å². The highest BCUT2D eigenvalue weighted by atomic mass is 16.5. The van der Waals surface area contributed by atoms with Crippen molar-refractivity contribution < 1.29 is 14.3 Å². The van der Waals surface area contributed by atoms with Crippen LogP contribution in [0.15, 0.2) is 47.1 Å². The molecule has 0 radical (unpaired) electrons. The van der Waals surface area contributed by atoms with Gasteiger partial charge in [-0.3, -0.25) is 0 Å². The van der Waals surface area contributed by atoms with Crippen molar-refractivity contribution in [3.05, 3.63) is 54.0 Å². The van der Waals surface area contributed by atoms with Crippen LogP contribution in [-0.4, -0.2) is 17.8 Å². The minimum absolute atomic E-state index is 0.126. The van der Waals surface area contributed by atoms with Crippen LogP contribution >= 0.6 is 0 Å². The predicted octanol–water partition coefficient (Wildman–Crippen LogP) is 2.89. The molecule has 116 valence electrons. The summed E-state index contributed by atoms with van der Waals surface area (Å²) in [7, 11) is 0. The molecule has 1 aromatic carbocycles. The molecule has 0 aliphatic carbocycles. The Morgan fingerprint density at radius 1 is 1.32 bits per heavy atom. The fourth-order valence-electron chi connectivity index (χ4n) is 2.21. The Hall–Kier alpha value is -2.22. The minimum Gasteiger partial charge on any atom is -0.481 e. The van der Waals surface area contributed by atoms with Crippen LogP contribution in [0.2, 0.25) is 0 Å². The first kappa shape index (κ1) is 16.2. The third-order valence-electron chi connectivity index (χ3n) is 3.37. The van der Waals surface area contributed by atoms with Crippen molar-refractivity contribution in [1.29, 1.82) is 0 Å². The van der Waals surface area contributed by atoms with Crippen LogP contribution < -0.4 is 10.1 Å². The first-order valence-electron chi connectivity index (χ1n) is 7.29. The summed E-state index contributed by atoms with van der Waals surface area (Å²) >= 11 is 0. The number of benzene rings is 1. The quantitative estimate of drug-likeness (QED) is 0.736. The highest BCUT2D eigenvalue weighted by molar-refractivity contribution is 5.33. The topological polar surface area (TPSA) is 54.6 Å². The molecule has 2 unspecified atom stereocenters. The Kier molecular flexibility index (Phi) is 6.08. The zero-order valence-electron chi connectivity index (χ0n) is 12.7. The van der Waals surface area contributed by atoms with E-state index in [1.54, 1.807) is 18.4 Å². The maximum atomic E-state index is 10.1. The summed E-state index contributed by atoms with van der Waals surface area (Å²) in [4.78, 5) is 0. The zero-order chi connectivity index (χ0) is 15.8. The maximum absolute atomic E-state index is 10.1. The number of furan rings is 1. The van der Waals surface area contributed by atoms with Gasteiger partial charge in [0.05, 0.1) is 6.26 Å². The number of terminal acetylenes is 1. The van der Waals surface area contributed by atoms with Crippen molar-refractivity contribution in [2.45, 2.75) is 32.0 Å². The lowest BCUT2D eigenvalue weighted by Crippen LogP contribution is -2.27. The molecule has 1 heterocycles. The lowest BCUT2D eigenvalue weighted by atomic mass is 10.1. The number of hydrogen-bond donors (Lipinski definition) is 2. The van der Waals surface area contributed by atoms with Crippen LogP contribution in [0.3, 0.4) is 0 Å².